The quantitative estimate of drug-likeness (QED) is 0.824. The van der Waals surface area contributed by atoms with Crippen molar-refractivity contribution < 1.29 is 14.3 Å². The van der Waals surface area contributed by atoms with Crippen LogP contribution in [0, 0.1) is 0 Å². The monoisotopic (exact) mass is 367 g/mol. The summed E-state index contributed by atoms with van der Waals surface area (Å²) in [7, 11) is 0. The van der Waals surface area contributed by atoms with Crippen molar-refractivity contribution in [1.82, 2.24) is 4.90 Å². The molecule has 1 aliphatic heterocycles. The molecule has 3 rings (SSSR count). The van der Waals surface area contributed by atoms with Crippen LogP contribution in [0.4, 0.5) is 11.4 Å². The molecule has 0 atom stereocenters. The number of benzene rings is 2. The molecule has 2 N–H and O–H groups in total. The molecule has 6 nitrogen and oxygen atoms in total. The number of hydrogen-bond donors (Lipinski definition) is 2. The molecule has 1 saturated heterocycles. The number of hydrogen-bond acceptors (Lipinski definition) is 4. The number of morpholine rings is 1. The zero-order valence-electron chi connectivity index (χ0n) is 15.5. The summed E-state index contributed by atoms with van der Waals surface area (Å²) in [5, 5.41) is 5.95. The Balaban J connectivity index is 1.60. The van der Waals surface area contributed by atoms with E-state index in [1.165, 1.54) is 5.56 Å². The summed E-state index contributed by atoms with van der Waals surface area (Å²) < 4.78 is 5.30. The molecule has 1 fully saturated rings. The minimum atomic E-state index is -0.159. The lowest BCUT2D eigenvalue weighted by Crippen LogP contribution is -2.41. The Hall–Kier alpha value is -2.86. The van der Waals surface area contributed by atoms with Crippen LogP contribution in [0.5, 0.6) is 0 Å². The lowest BCUT2D eigenvalue weighted by molar-refractivity contribution is -0.114. The molecule has 2 aromatic rings. The number of nitrogens with one attached hydrogen (secondary N) is 2. The molecule has 0 bridgehead atoms. The highest BCUT2D eigenvalue weighted by atomic mass is 16.5. The number of anilines is 2. The summed E-state index contributed by atoms with van der Waals surface area (Å²) in [4.78, 5) is 26.8. The van der Waals surface area contributed by atoms with Gasteiger partial charge in [0.15, 0.2) is 0 Å². The molecule has 0 saturated carbocycles. The number of para-hydroxylation sites is 1. The fourth-order valence-electron chi connectivity index (χ4n) is 2.97. The minimum Gasteiger partial charge on any atom is -0.378 e. The van der Waals surface area contributed by atoms with Gasteiger partial charge in [-0.05, 0) is 36.2 Å². The number of carbonyl (C=O) groups is 2. The number of amides is 2. The molecular weight excluding hydrogens is 342 g/mol. The standard InChI is InChI=1S/C21H25N3O3/c1-2-16-7-9-17(10-8-16)23-20(25)15-22-19-6-4-3-5-18(19)21(26)24-11-13-27-14-12-24/h3-10,22H,2,11-15H2,1H3,(H,23,25). The highest BCUT2D eigenvalue weighted by Crippen LogP contribution is 2.18. The van der Waals surface area contributed by atoms with Crippen molar-refractivity contribution in [2.75, 3.05) is 43.5 Å². The van der Waals surface area contributed by atoms with Gasteiger partial charge in [-0.15, -0.1) is 0 Å². The SMILES string of the molecule is CCc1ccc(NC(=O)CNc2ccccc2C(=O)N2CCOCC2)cc1. The van der Waals surface area contributed by atoms with Crippen molar-refractivity contribution in [3.63, 3.8) is 0 Å². The predicted octanol–water partition coefficient (Wildman–Crippen LogP) is 2.77. The van der Waals surface area contributed by atoms with Crippen LogP contribution >= 0.6 is 0 Å². The van der Waals surface area contributed by atoms with E-state index in [-0.39, 0.29) is 18.4 Å². The third kappa shape index (κ3) is 5.08. The summed E-state index contributed by atoms with van der Waals surface area (Å²) >= 11 is 0. The number of rotatable bonds is 6. The Labute approximate surface area is 159 Å². The Bertz CT molecular complexity index is 784. The topological polar surface area (TPSA) is 70.7 Å². The Kier molecular flexibility index (Phi) is 6.44. The van der Waals surface area contributed by atoms with Crippen molar-refractivity contribution >= 4 is 23.2 Å². The first kappa shape index (κ1) is 18.9. The third-order valence-electron chi connectivity index (χ3n) is 4.54. The van der Waals surface area contributed by atoms with E-state index in [2.05, 4.69) is 17.6 Å². The Morgan fingerprint density at radius 3 is 2.44 bits per heavy atom. The molecule has 0 spiro atoms. The van der Waals surface area contributed by atoms with Gasteiger partial charge in [0.25, 0.3) is 5.91 Å². The predicted molar refractivity (Wildman–Crippen MR) is 106 cm³/mol. The van der Waals surface area contributed by atoms with Gasteiger partial charge in [-0.25, -0.2) is 0 Å². The maximum absolute atomic E-state index is 12.7. The third-order valence-corrected chi connectivity index (χ3v) is 4.54. The van der Waals surface area contributed by atoms with Gasteiger partial charge in [-0.1, -0.05) is 31.2 Å². The van der Waals surface area contributed by atoms with E-state index < -0.39 is 0 Å². The number of aryl methyl sites for hydroxylation is 1. The second-order valence-corrected chi connectivity index (χ2v) is 6.40. The van der Waals surface area contributed by atoms with Crippen LogP contribution in [0.2, 0.25) is 0 Å². The van der Waals surface area contributed by atoms with E-state index in [9.17, 15) is 9.59 Å². The van der Waals surface area contributed by atoms with Gasteiger partial charge < -0.3 is 20.3 Å². The van der Waals surface area contributed by atoms with Gasteiger partial charge in [0.05, 0.1) is 25.3 Å². The summed E-state index contributed by atoms with van der Waals surface area (Å²) in [5.74, 6) is -0.204. The zero-order valence-corrected chi connectivity index (χ0v) is 15.5. The molecule has 0 aliphatic carbocycles. The van der Waals surface area contributed by atoms with Crippen molar-refractivity contribution in [2.24, 2.45) is 0 Å². The van der Waals surface area contributed by atoms with E-state index >= 15 is 0 Å². The maximum atomic E-state index is 12.7. The van der Waals surface area contributed by atoms with Gasteiger partial charge >= 0.3 is 0 Å². The first-order chi connectivity index (χ1) is 13.2. The smallest absolute Gasteiger partial charge is 0.256 e. The van der Waals surface area contributed by atoms with Crippen LogP contribution in [-0.4, -0.2) is 49.6 Å². The second-order valence-electron chi connectivity index (χ2n) is 6.40. The average molecular weight is 367 g/mol. The lowest BCUT2D eigenvalue weighted by Gasteiger charge is -2.27. The maximum Gasteiger partial charge on any atom is 0.256 e. The van der Waals surface area contributed by atoms with Gasteiger partial charge in [0.1, 0.15) is 0 Å². The first-order valence-electron chi connectivity index (χ1n) is 9.26. The molecular formula is C21H25N3O3. The van der Waals surface area contributed by atoms with Gasteiger partial charge in [-0.3, -0.25) is 9.59 Å². The molecule has 1 heterocycles. The Morgan fingerprint density at radius 1 is 1.04 bits per heavy atom. The molecule has 2 amide bonds. The molecule has 0 aromatic heterocycles. The Morgan fingerprint density at radius 2 is 1.74 bits per heavy atom. The van der Waals surface area contributed by atoms with Crippen LogP contribution in [0.25, 0.3) is 0 Å². The molecule has 0 unspecified atom stereocenters. The van der Waals surface area contributed by atoms with Crippen molar-refractivity contribution in [3.8, 4) is 0 Å². The van der Waals surface area contributed by atoms with Crippen molar-refractivity contribution in [3.05, 3.63) is 59.7 Å². The van der Waals surface area contributed by atoms with Crippen LogP contribution < -0.4 is 10.6 Å². The molecule has 2 aromatic carbocycles. The van der Waals surface area contributed by atoms with Gasteiger partial charge in [-0.2, -0.15) is 0 Å². The van der Waals surface area contributed by atoms with Crippen LogP contribution in [0.3, 0.4) is 0 Å². The first-order valence-corrected chi connectivity index (χ1v) is 9.26. The highest BCUT2D eigenvalue weighted by Gasteiger charge is 2.20. The molecule has 6 heteroatoms. The summed E-state index contributed by atoms with van der Waals surface area (Å²) in [6.45, 7) is 4.46. The molecule has 142 valence electrons. The number of ether oxygens (including phenoxy) is 1. The molecule has 0 radical (unpaired) electrons. The van der Waals surface area contributed by atoms with E-state index in [0.29, 0.717) is 37.6 Å². The largest absolute Gasteiger partial charge is 0.378 e. The second kappa shape index (κ2) is 9.19. The van der Waals surface area contributed by atoms with E-state index in [1.54, 1.807) is 11.0 Å². The van der Waals surface area contributed by atoms with Gasteiger partial charge in [0.2, 0.25) is 5.91 Å². The molecule has 27 heavy (non-hydrogen) atoms. The highest BCUT2D eigenvalue weighted by molar-refractivity contribution is 6.01. The number of carbonyl (C=O) groups excluding carboxylic acids is 2. The van der Waals surface area contributed by atoms with Crippen LogP contribution in [0.1, 0.15) is 22.8 Å². The van der Waals surface area contributed by atoms with E-state index in [4.69, 9.17) is 4.74 Å². The zero-order chi connectivity index (χ0) is 19.1. The molecule has 1 aliphatic rings. The summed E-state index contributed by atoms with van der Waals surface area (Å²) in [5.41, 5.74) is 3.21. The fraction of sp³-hybridized carbons (Fsp3) is 0.333. The van der Waals surface area contributed by atoms with E-state index in [0.717, 1.165) is 12.1 Å². The normalized spacial score (nSPS) is 13.9. The summed E-state index contributed by atoms with van der Waals surface area (Å²) in [6, 6.07) is 15.1. The van der Waals surface area contributed by atoms with Crippen LogP contribution in [-0.2, 0) is 16.0 Å². The van der Waals surface area contributed by atoms with Crippen molar-refractivity contribution in [1.29, 1.82) is 0 Å². The average Bonchev–Trinajstić information content (AvgIpc) is 2.73. The summed E-state index contributed by atoms with van der Waals surface area (Å²) in [6.07, 6.45) is 0.962. The van der Waals surface area contributed by atoms with Gasteiger partial charge in [0, 0.05) is 24.5 Å². The van der Waals surface area contributed by atoms with E-state index in [1.807, 2.05) is 42.5 Å². The van der Waals surface area contributed by atoms with Crippen molar-refractivity contribution in [2.45, 2.75) is 13.3 Å². The fourth-order valence-corrected chi connectivity index (χ4v) is 2.97. The number of nitrogens with zero attached hydrogens (tertiary/aromatic N) is 1. The minimum absolute atomic E-state index is 0.0445. The van der Waals surface area contributed by atoms with Crippen LogP contribution in [0.15, 0.2) is 48.5 Å². The lowest BCUT2D eigenvalue weighted by atomic mass is 10.1.